The molecule has 1 aliphatic heterocycles. The summed E-state index contributed by atoms with van der Waals surface area (Å²) in [5.74, 6) is 1.39. The van der Waals surface area contributed by atoms with Gasteiger partial charge in [-0.05, 0) is 48.5 Å². The lowest BCUT2D eigenvalue weighted by Gasteiger charge is -2.19. The normalized spacial score (nSPS) is 12.7. The van der Waals surface area contributed by atoms with E-state index in [0.717, 1.165) is 47.4 Å². The Labute approximate surface area is 155 Å². The van der Waals surface area contributed by atoms with Crippen molar-refractivity contribution in [2.45, 2.75) is 20.0 Å². The van der Waals surface area contributed by atoms with Crippen molar-refractivity contribution in [3.8, 4) is 22.1 Å². The average Bonchev–Trinajstić information content (AvgIpc) is 3.30. The minimum atomic E-state index is -0.230. The van der Waals surface area contributed by atoms with E-state index in [1.165, 1.54) is 17.7 Å². The molecule has 0 unspecified atom stereocenters. The van der Waals surface area contributed by atoms with Gasteiger partial charge in [0.15, 0.2) is 11.5 Å². The van der Waals surface area contributed by atoms with Gasteiger partial charge in [0.1, 0.15) is 10.8 Å². The van der Waals surface area contributed by atoms with E-state index < -0.39 is 0 Å². The zero-order valence-corrected chi connectivity index (χ0v) is 15.3. The minimum Gasteiger partial charge on any atom is -0.454 e. The summed E-state index contributed by atoms with van der Waals surface area (Å²) in [6.45, 7) is 4.93. The Balaban J connectivity index is 1.44. The van der Waals surface area contributed by atoms with Crippen LogP contribution < -0.4 is 9.47 Å². The van der Waals surface area contributed by atoms with E-state index in [1.807, 2.05) is 12.1 Å². The van der Waals surface area contributed by atoms with Gasteiger partial charge in [-0.1, -0.05) is 13.0 Å². The molecule has 0 N–H and O–H groups in total. The fourth-order valence-electron chi connectivity index (χ4n) is 2.91. The third-order valence-corrected chi connectivity index (χ3v) is 5.26. The molecule has 0 bridgehead atoms. The summed E-state index contributed by atoms with van der Waals surface area (Å²) in [7, 11) is 0. The molecule has 2 aromatic carbocycles. The molecular formula is C20H19FN2O2S. The lowest BCUT2D eigenvalue weighted by molar-refractivity contribution is 0.174. The Bertz CT molecular complexity index is 895. The van der Waals surface area contributed by atoms with Gasteiger partial charge in [0, 0.05) is 24.0 Å². The first-order valence-electron chi connectivity index (χ1n) is 8.52. The highest BCUT2D eigenvalue weighted by molar-refractivity contribution is 7.13. The molecule has 6 heteroatoms. The first kappa shape index (κ1) is 17.0. The summed E-state index contributed by atoms with van der Waals surface area (Å²) in [4.78, 5) is 7.03. The van der Waals surface area contributed by atoms with Crippen molar-refractivity contribution < 1.29 is 13.9 Å². The molecule has 26 heavy (non-hydrogen) atoms. The molecule has 0 spiro atoms. The summed E-state index contributed by atoms with van der Waals surface area (Å²) in [5, 5.41) is 2.99. The van der Waals surface area contributed by atoms with Crippen LogP contribution in [0.3, 0.4) is 0 Å². The zero-order valence-electron chi connectivity index (χ0n) is 14.4. The van der Waals surface area contributed by atoms with E-state index >= 15 is 0 Å². The van der Waals surface area contributed by atoms with Crippen LogP contribution in [0.5, 0.6) is 11.5 Å². The van der Waals surface area contributed by atoms with Gasteiger partial charge in [-0.25, -0.2) is 9.37 Å². The second kappa shape index (κ2) is 7.43. The largest absolute Gasteiger partial charge is 0.454 e. The minimum absolute atomic E-state index is 0.230. The summed E-state index contributed by atoms with van der Waals surface area (Å²) < 4.78 is 23.9. The van der Waals surface area contributed by atoms with Crippen molar-refractivity contribution >= 4 is 11.3 Å². The van der Waals surface area contributed by atoms with Crippen molar-refractivity contribution in [1.82, 2.24) is 9.88 Å². The van der Waals surface area contributed by atoms with E-state index in [9.17, 15) is 4.39 Å². The molecule has 0 saturated heterocycles. The SMILES string of the molecule is CCN(Cc1ccc2c(c1)OCO2)Cc1csc(-c2ccc(F)cc2)n1. The fraction of sp³-hybridized carbons (Fsp3) is 0.250. The zero-order chi connectivity index (χ0) is 17.9. The Hall–Kier alpha value is -2.44. The van der Waals surface area contributed by atoms with Crippen LogP contribution in [0.4, 0.5) is 4.39 Å². The van der Waals surface area contributed by atoms with Crippen molar-refractivity contribution in [3.63, 3.8) is 0 Å². The number of hydrogen-bond acceptors (Lipinski definition) is 5. The van der Waals surface area contributed by atoms with E-state index in [0.29, 0.717) is 6.79 Å². The van der Waals surface area contributed by atoms with Crippen LogP contribution in [0.15, 0.2) is 47.8 Å². The average molecular weight is 370 g/mol. The van der Waals surface area contributed by atoms with Gasteiger partial charge in [0.2, 0.25) is 6.79 Å². The highest BCUT2D eigenvalue weighted by atomic mass is 32.1. The quantitative estimate of drug-likeness (QED) is 0.630. The first-order valence-corrected chi connectivity index (χ1v) is 9.40. The number of fused-ring (bicyclic) bond motifs is 1. The summed E-state index contributed by atoms with van der Waals surface area (Å²) in [6, 6.07) is 12.5. The summed E-state index contributed by atoms with van der Waals surface area (Å²) in [5.41, 5.74) is 3.16. The molecule has 1 aliphatic rings. The fourth-order valence-corrected chi connectivity index (χ4v) is 3.73. The molecule has 3 aromatic rings. The van der Waals surface area contributed by atoms with Gasteiger partial charge >= 0.3 is 0 Å². The molecule has 2 heterocycles. The Morgan fingerprint density at radius 2 is 1.88 bits per heavy atom. The Morgan fingerprint density at radius 1 is 1.08 bits per heavy atom. The predicted octanol–water partition coefficient (Wildman–Crippen LogP) is 4.70. The molecule has 0 amide bonds. The number of benzene rings is 2. The van der Waals surface area contributed by atoms with Crippen molar-refractivity contribution in [1.29, 1.82) is 0 Å². The van der Waals surface area contributed by atoms with E-state index in [1.54, 1.807) is 23.5 Å². The van der Waals surface area contributed by atoms with E-state index in [2.05, 4.69) is 23.3 Å². The number of ether oxygens (including phenoxy) is 2. The number of thiazole rings is 1. The van der Waals surface area contributed by atoms with Crippen LogP contribution in [0, 0.1) is 5.82 Å². The predicted molar refractivity (Wildman–Crippen MR) is 99.9 cm³/mol. The Morgan fingerprint density at radius 3 is 2.69 bits per heavy atom. The lowest BCUT2D eigenvalue weighted by Crippen LogP contribution is -2.22. The van der Waals surface area contributed by atoms with Crippen LogP contribution in [-0.4, -0.2) is 23.2 Å². The maximum absolute atomic E-state index is 13.1. The molecule has 0 fully saturated rings. The van der Waals surface area contributed by atoms with Gasteiger partial charge in [-0.2, -0.15) is 0 Å². The van der Waals surface area contributed by atoms with Crippen molar-refractivity contribution in [2.24, 2.45) is 0 Å². The number of hydrogen-bond donors (Lipinski definition) is 0. The maximum Gasteiger partial charge on any atom is 0.231 e. The van der Waals surface area contributed by atoms with Crippen LogP contribution in [0.2, 0.25) is 0 Å². The highest BCUT2D eigenvalue weighted by Crippen LogP contribution is 2.33. The molecule has 134 valence electrons. The number of rotatable bonds is 6. The van der Waals surface area contributed by atoms with E-state index in [-0.39, 0.29) is 5.82 Å². The third-order valence-electron chi connectivity index (χ3n) is 4.32. The van der Waals surface area contributed by atoms with Crippen molar-refractivity contribution in [3.05, 3.63) is 64.9 Å². The molecule has 0 aliphatic carbocycles. The standard InChI is InChI=1S/C20H19FN2O2S/c1-2-23(10-14-3-8-18-19(9-14)25-13-24-18)11-17-12-26-20(22-17)15-4-6-16(21)7-5-15/h3-9,12H,2,10-11,13H2,1H3. The molecule has 0 atom stereocenters. The van der Waals surface area contributed by atoms with Gasteiger partial charge in [-0.3, -0.25) is 4.90 Å². The number of halogens is 1. The first-order chi connectivity index (χ1) is 12.7. The highest BCUT2D eigenvalue weighted by Gasteiger charge is 2.15. The maximum atomic E-state index is 13.1. The summed E-state index contributed by atoms with van der Waals surface area (Å²) >= 11 is 1.59. The van der Waals surface area contributed by atoms with Crippen LogP contribution in [0.25, 0.3) is 10.6 Å². The molecule has 4 nitrogen and oxygen atoms in total. The summed E-state index contributed by atoms with van der Waals surface area (Å²) in [6.07, 6.45) is 0. The van der Waals surface area contributed by atoms with Crippen LogP contribution in [0.1, 0.15) is 18.2 Å². The van der Waals surface area contributed by atoms with Crippen molar-refractivity contribution in [2.75, 3.05) is 13.3 Å². The van der Waals surface area contributed by atoms with Gasteiger partial charge in [0.25, 0.3) is 0 Å². The molecule has 0 saturated carbocycles. The topological polar surface area (TPSA) is 34.6 Å². The van der Waals surface area contributed by atoms with Gasteiger partial charge in [0.05, 0.1) is 5.69 Å². The number of nitrogens with zero attached hydrogens (tertiary/aromatic N) is 2. The molecular weight excluding hydrogens is 351 g/mol. The number of aromatic nitrogens is 1. The smallest absolute Gasteiger partial charge is 0.231 e. The Kier molecular flexibility index (Phi) is 4.86. The molecule has 1 aromatic heterocycles. The van der Waals surface area contributed by atoms with Crippen LogP contribution >= 0.6 is 11.3 Å². The molecule has 4 rings (SSSR count). The second-order valence-electron chi connectivity index (χ2n) is 6.14. The van der Waals surface area contributed by atoms with E-state index in [4.69, 9.17) is 14.5 Å². The van der Waals surface area contributed by atoms with Gasteiger partial charge < -0.3 is 9.47 Å². The van der Waals surface area contributed by atoms with Crippen LogP contribution in [-0.2, 0) is 13.1 Å². The third kappa shape index (κ3) is 3.71. The molecule has 0 radical (unpaired) electrons. The van der Waals surface area contributed by atoms with Gasteiger partial charge in [-0.15, -0.1) is 11.3 Å². The monoisotopic (exact) mass is 370 g/mol. The second-order valence-corrected chi connectivity index (χ2v) is 7.00. The lowest BCUT2D eigenvalue weighted by atomic mass is 10.2.